The van der Waals surface area contributed by atoms with Crippen molar-refractivity contribution in [1.82, 2.24) is 25.1 Å². The number of carbonyl (C=O) groups excluding carboxylic acids is 1. The van der Waals surface area contributed by atoms with E-state index >= 15 is 0 Å². The average Bonchev–Trinajstić information content (AvgIpc) is 3.41. The van der Waals surface area contributed by atoms with E-state index in [-0.39, 0.29) is 5.69 Å². The van der Waals surface area contributed by atoms with Crippen LogP contribution in [0.1, 0.15) is 46.2 Å². The molecule has 1 amide bonds. The molecule has 0 unspecified atom stereocenters. The fraction of sp³-hybridized carbons (Fsp3) is 0.190. The first-order valence-electron chi connectivity index (χ1n) is 9.21. The maximum absolute atomic E-state index is 11.8. The van der Waals surface area contributed by atoms with Crippen molar-refractivity contribution in [2.45, 2.75) is 25.2 Å². The Bertz CT molecular complexity index is 1160. The van der Waals surface area contributed by atoms with Crippen LogP contribution in [0.5, 0.6) is 0 Å². The van der Waals surface area contributed by atoms with Gasteiger partial charge in [0.25, 0.3) is 5.91 Å². The van der Waals surface area contributed by atoms with Crippen LogP contribution in [0, 0.1) is 0 Å². The first kappa shape index (κ1) is 16.6. The quantitative estimate of drug-likeness (QED) is 0.561. The number of fused-ring (bicyclic) bond motifs is 1. The van der Waals surface area contributed by atoms with E-state index in [1.54, 1.807) is 18.5 Å². The minimum atomic E-state index is -0.555. The lowest BCUT2D eigenvalue weighted by molar-refractivity contribution is 0.0996. The molecule has 0 bridgehead atoms. The van der Waals surface area contributed by atoms with Crippen molar-refractivity contribution in [2.24, 2.45) is 5.73 Å². The summed E-state index contributed by atoms with van der Waals surface area (Å²) in [6.45, 7) is 0. The predicted molar refractivity (Wildman–Crippen MR) is 105 cm³/mol. The Morgan fingerprint density at radius 2 is 1.93 bits per heavy atom. The highest BCUT2D eigenvalue weighted by Crippen LogP contribution is 2.37. The Hall–Kier alpha value is -3.61. The highest BCUT2D eigenvalue weighted by atomic mass is 16.1. The van der Waals surface area contributed by atoms with Crippen LogP contribution in [0.2, 0.25) is 0 Å². The molecule has 1 fully saturated rings. The molecule has 3 aromatic heterocycles. The van der Waals surface area contributed by atoms with Gasteiger partial charge in [0.2, 0.25) is 0 Å². The molecule has 3 heterocycles. The molecule has 1 aromatic carbocycles. The van der Waals surface area contributed by atoms with Gasteiger partial charge in [0, 0.05) is 41.9 Å². The summed E-state index contributed by atoms with van der Waals surface area (Å²) in [6, 6.07) is 7.77. The Morgan fingerprint density at radius 3 is 2.61 bits per heavy atom. The predicted octanol–water partition coefficient (Wildman–Crippen LogP) is 2.98. The van der Waals surface area contributed by atoms with E-state index in [2.05, 4.69) is 31.2 Å². The molecule has 1 aliphatic carbocycles. The minimum Gasteiger partial charge on any atom is -0.364 e. The Balaban J connectivity index is 1.53. The number of primary amides is 1. The van der Waals surface area contributed by atoms with Crippen LogP contribution in [0.25, 0.3) is 22.0 Å². The molecule has 7 nitrogen and oxygen atoms in total. The molecule has 1 aliphatic rings. The monoisotopic (exact) mass is 370 g/mol. The van der Waals surface area contributed by atoms with Crippen LogP contribution < -0.4 is 5.73 Å². The third-order valence-electron chi connectivity index (χ3n) is 5.01. The maximum Gasteiger partial charge on any atom is 0.267 e. The van der Waals surface area contributed by atoms with E-state index in [1.807, 2.05) is 24.5 Å². The number of H-pyrrole nitrogens is 1. The number of carbonyl (C=O) groups is 1. The van der Waals surface area contributed by atoms with Crippen molar-refractivity contribution in [3.8, 4) is 11.1 Å². The number of nitrogens with zero attached hydrogens (tertiary/aromatic N) is 4. The number of nitrogens with two attached hydrogens (primary N) is 1. The number of aromatic amines is 1. The van der Waals surface area contributed by atoms with Crippen molar-refractivity contribution in [2.75, 3.05) is 0 Å². The van der Waals surface area contributed by atoms with Crippen LogP contribution in [-0.4, -0.2) is 31.1 Å². The molecule has 28 heavy (non-hydrogen) atoms. The number of hydrogen-bond acceptors (Lipinski definition) is 5. The Labute approximate surface area is 161 Å². The van der Waals surface area contributed by atoms with Gasteiger partial charge < -0.3 is 5.73 Å². The third kappa shape index (κ3) is 3.11. The zero-order valence-corrected chi connectivity index (χ0v) is 15.1. The molecular weight excluding hydrogens is 352 g/mol. The first-order chi connectivity index (χ1) is 13.7. The van der Waals surface area contributed by atoms with Gasteiger partial charge in [0.1, 0.15) is 11.5 Å². The fourth-order valence-electron chi connectivity index (χ4n) is 3.39. The van der Waals surface area contributed by atoms with Crippen molar-refractivity contribution in [3.63, 3.8) is 0 Å². The molecule has 3 N–H and O–H groups in total. The lowest BCUT2D eigenvalue weighted by atomic mass is 9.99. The molecule has 0 aliphatic heterocycles. The zero-order valence-electron chi connectivity index (χ0n) is 15.1. The van der Waals surface area contributed by atoms with Crippen LogP contribution >= 0.6 is 0 Å². The lowest BCUT2D eigenvalue weighted by Crippen LogP contribution is -2.13. The molecule has 1 saturated carbocycles. The van der Waals surface area contributed by atoms with Gasteiger partial charge in [0.15, 0.2) is 0 Å². The molecule has 0 spiro atoms. The second kappa shape index (κ2) is 6.53. The van der Waals surface area contributed by atoms with Gasteiger partial charge >= 0.3 is 0 Å². The van der Waals surface area contributed by atoms with Gasteiger partial charge in [-0.3, -0.25) is 9.89 Å². The molecule has 138 valence electrons. The molecule has 0 radical (unpaired) electrons. The van der Waals surface area contributed by atoms with Crippen LogP contribution in [0.15, 0.2) is 49.1 Å². The summed E-state index contributed by atoms with van der Waals surface area (Å²) in [7, 11) is 0. The van der Waals surface area contributed by atoms with E-state index in [0.717, 1.165) is 39.0 Å². The standard InChI is InChI=1S/C21H18N6O/c22-20(28)19-7-17(15-10-25-26-11-15)16-4-1-12(6-18(16)27-19)5-13-8-23-21(24-9-13)14-2-3-14/h1,4,6-11,14H,2-3,5H2,(H2,22,28)(H,25,26). The van der Waals surface area contributed by atoms with Gasteiger partial charge in [0.05, 0.1) is 11.7 Å². The summed E-state index contributed by atoms with van der Waals surface area (Å²) in [5, 5.41) is 7.74. The number of rotatable bonds is 5. The summed E-state index contributed by atoms with van der Waals surface area (Å²) in [6.07, 6.45) is 10.4. The van der Waals surface area contributed by atoms with Gasteiger partial charge in [-0.15, -0.1) is 0 Å². The maximum atomic E-state index is 11.8. The van der Waals surface area contributed by atoms with Crippen molar-refractivity contribution in [3.05, 3.63) is 71.7 Å². The highest BCUT2D eigenvalue weighted by molar-refractivity contribution is 6.00. The van der Waals surface area contributed by atoms with Crippen molar-refractivity contribution >= 4 is 16.8 Å². The molecular formula is C21H18N6O. The highest BCUT2D eigenvalue weighted by Gasteiger charge is 2.26. The minimum absolute atomic E-state index is 0.234. The molecule has 7 heteroatoms. The van der Waals surface area contributed by atoms with E-state index in [4.69, 9.17) is 5.73 Å². The normalized spacial score (nSPS) is 13.7. The van der Waals surface area contributed by atoms with E-state index < -0.39 is 5.91 Å². The van der Waals surface area contributed by atoms with Gasteiger partial charge in [-0.2, -0.15) is 5.10 Å². The van der Waals surface area contributed by atoms with Gasteiger partial charge in [-0.05, 0) is 41.7 Å². The second-order valence-electron chi connectivity index (χ2n) is 7.16. The zero-order chi connectivity index (χ0) is 19.1. The number of nitrogens with one attached hydrogen (secondary N) is 1. The van der Waals surface area contributed by atoms with Gasteiger partial charge in [-0.1, -0.05) is 12.1 Å². The molecule has 0 atom stereocenters. The topological polar surface area (TPSA) is 110 Å². The Kier molecular flexibility index (Phi) is 3.86. The molecule has 4 aromatic rings. The number of hydrogen-bond donors (Lipinski definition) is 2. The number of amides is 1. The molecule has 5 rings (SSSR count). The van der Waals surface area contributed by atoms with E-state index in [1.165, 1.54) is 12.8 Å². The SMILES string of the molecule is NC(=O)c1cc(-c2cn[nH]c2)c2ccc(Cc3cnc(C4CC4)nc3)cc2n1. The summed E-state index contributed by atoms with van der Waals surface area (Å²) in [5.74, 6) is 0.938. The van der Waals surface area contributed by atoms with Crippen LogP contribution in [0.3, 0.4) is 0 Å². The second-order valence-corrected chi connectivity index (χ2v) is 7.16. The first-order valence-corrected chi connectivity index (χ1v) is 9.21. The largest absolute Gasteiger partial charge is 0.364 e. The molecule has 0 saturated heterocycles. The summed E-state index contributed by atoms with van der Waals surface area (Å²) >= 11 is 0. The Morgan fingerprint density at radius 1 is 1.11 bits per heavy atom. The number of pyridine rings is 1. The average molecular weight is 370 g/mol. The van der Waals surface area contributed by atoms with Crippen molar-refractivity contribution < 1.29 is 4.79 Å². The smallest absolute Gasteiger partial charge is 0.267 e. The summed E-state index contributed by atoms with van der Waals surface area (Å²) in [5.41, 5.74) is 10.3. The van der Waals surface area contributed by atoms with E-state index in [9.17, 15) is 4.79 Å². The van der Waals surface area contributed by atoms with E-state index in [0.29, 0.717) is 12.3 Å². The summed E-state index contributed by atoms with van der Waals surface area (Å²) in [4.78, 5) is 25.2. The van der Waals surface area contributed by atoms with Crippen LogP contribution in [-0.2, 0) is 6.42 Å². The number of benzene rings is 1. The third-order valence-corrected chi connectivity index (χ3v) is 5.01. The fourth-order valence-corrected chi connectivity index (χ4v) is 3.39. The lowest BCUT2D eigenvalue weighted by Gasteiger charge is -2.09. The van der Waals surface area contributed by atoms with Crippen LogP contribution in [0.4, 0.5) is 0 Å². The van der Waals surface area contributed by atoms with Crippen molar-refractivity contribution in [1.29, 1.82) is 0 Å². The number of aromatic nitrogens is 5. The summed E-state index contributed by atoms with van der Waals surface area (Å²) < 4.78 is 0. The van der Waals surface area contributed by atoms with Gasteiger partial charge in [-0.25, -0.2) is 15.0 Å².